The number of furan rings is 2. The van der Waals surface area contributed by atoms with E-state index in [1.54, 1.807) is 12.1 Å². The SMILES string of the molecule is CCC1CC2CC3c4oc5c(O)cccc5c4CCN(C2)C13.CCC1CC2CC3c4oc5ccc(O)cc5c4CCN(C2)C13. The van der Waals surface area contributed by atoms with Crippen LogP contribution in [0.15, 0.2) is 45.2 Å². The molecule has 44 heavy (non-hydrogen) atoms. The summed E-state index contributed by atoms with van der Waals surface area (Å²) in [6.07, 6.45) is 10.0. The minimum absolute atomic E-state index is 0.287. The van der Waals surface area contributed by atoms with E-state index in [1.165, 1.54) is 74.3 Å². The summed E-state index contributed by atoms with van der Waals surface area (Å²) in [5.41, 5.74) is 4.38. The van der Waals surface area contributed by atoms with Gasteiger partial charge in [0.15, 0.2) is 11.3 Å². The second kappa shape index (κ2) is 10.3. The van der Waals surface area contributed by atoms with E-state index in [0.717, 1.165) is 66.0 Å². The molecule has 8 aliphatic rings. The highest BCUT2D eigenvalue weighted by molar-refractivity contribution is 5.87. The van der Waals surface area contributed by atoms with Crippen molar-refractivity contribution in [1.29, 1.82) is 0 Å². The number of para-hydroxylation sites is 1. The summed E-state index contributed by atoms with van der Waals surface area (Å²) in [6, 6.07) is 12.7. The van der Waals surface area contributed by atoms with Crippen LogP contribution >= 0.6 is 0 Å². The molecule has 0 amide bonds. The van der Waals surface area contributed by atoms with E-state index >= 15 is 0 Å². The van der Waals surface area contributed by atoms with Gasteiger partial charge in [-0.05, 0) is 86.5 Å². The van der Waals surface area contributed by atoms with Crippen LogP contribution in [0.4, 0.5) is 0 Å². The van der Waals surface area contributed by atoms with Crippen LogP contribution in [0.5, 0.6) is 11.5 Å². The highest BCUT2D eigenvalue weighted by Gasteiger charge is 2.51. The summed E-state index contributed by atoms with van der Waals surface area (Å²) >= 11 is 0. The van der Waals surface area contributed by atoms with Crippen LogP contribution in [0.3, 0.4) is 0 Å². The largest absolute Gasteiger partial charge is 0.508 e. The lowest BCUT2D eigenvalue weighted by Gasteiger charge is -2.52. The summed E-state index contributed by atoms with van der Waals surface area (Å²) in [5, 5.41) is 22.2. The molecule has 0 spiro atoms. The van der Waals surface area contributed by atoms with Gasteiger partial charge in [-0.3, -0.25) is 9.80 Å². The van der Waals surface area contributed by atoms with Crippen molar-refractivity contribution in [3.05, 3.63) is 59.0 Å². The summed E-state index contributed by atoms with van der Waals surface area (Å²) in [7, 11) is 0. The number of phenols is 2. The van der Waals surface area contributed by atoms with E-state index < -0.39 is 0 Å². The van der Waals surface area contributed by atoms with Gasteiger partial charge in [-0.2, -0.15) is 0 Å². The van der Waals surface area contributed by atoms with Gasteiger partial charge in [0.1, 0.15) is 22.9 Å². The Kier molecular flexibility index (Phi) is 6.39. The van der Waals surface area contributed by atoms with E-state index in [2.05, 4.69) is 29.7 Å². The number of nitrogens with zero attached hydrogens (tertiary/aromatic N) is 2. The molecule has 2 N–H and O–H groups in total. The zero-order valence-electron chi connectivity index (χ0n) is 26.2. The second-order valence-electron chi connectivity index (χ2n) is 14.9. The molecule has 6 nitrogen and oxygen atoms in total. The first-order chi connectivity index (χ1) is 21.5. The number of hydrogen-bond donors (Lipinski definition) is 2. The molecule has 6 fully saturated rings. The number of aromatic hydroxyl groups is 2. The maximum Gasteiger partial charge on any atom is 0.176 e. The van der Waals surface area contributed by atoms with Crippen molar-refractivity contribution in [3.8, 4) is 11.5 Å². The van der Waals surface area contributed by atoms with Crippen molar-refractivity contribution >= 4 is 21.9 Å². The number of benzene rings is 2. The molecule has 2 aromatic heterocycles. The van der Waals surface area contributed by atoms with Gasteiger partial charge in [0.25, 0.3) is 0 Å². The zero-order valence-corrected chi connectivity index (χ0v) is 26.2. The number of fused-ring (bicyclic) bond motifs is 8. The Bertz CT molecular complexity index is 1710. The third kappa shape index (κ3) is 4.05. The molecule has 2 aromatic carbocycles. The molecule has 2 saturated carbocycles. The van der Waals surface area contributed by atoms with Crippen LogP contribution in [-0.2, 0) is 12.8 Å². The Morgan fingerprint density at radius 1 is 0.727 bits per heavy atom. The van der Waals surface area contributed by atoms with Gasteiger partial charge >= 0.3 is 0 Å². The molecular formula is C38H46N2O4. The third-order valence-corrected chi connectivity index (χ3v) is 12.7. The molecule has 8 bridgehead atoms. The predicted molar refractivity (Wildman–Crippen MR) is 172 cm³/mol. The predicted octanol–water partition coefficient (Wildman–Crippen LogP) is 7.80. The van der Waals surface area contributed by atoms with Crippen molar-refractivity contribution in [3.63, 3.8) is 0 Å². The molecular weight excluding hydrogens is 548 g/mol. The molecule has 10 atom stereocenters. The van der Waals surface area contributed by atoms with Gasteiger partial charge in [0.05, 0.1) is 0 Å². The summed E-state index contributed by atoms with van der Waals surface area (Å²) < 4.78 is 12.6. The summed E-state index contributed by atoms with van der Waals surface area (Å²) in [6.45, 7) is 9.53. The highest BCUT2D eigenvalue weighted by Crippen LogP contribution is 2.53. The number of hydrogen-bond acceptors (Lipinski definition) is 6. The van der Waals surface area contributed by atoms with Crippen LogP contribution < -0.4 is 0 Å². The lowest BCUT2D eigenvalue weighted by atomic mass is 9.65. The van der Waals surface area contributed by atoms with Crippen LogP contribution in [0.25, 0.3) is 21.9 Å². The van der Waals surface area contributed by atoms with Crippen LogP contribution in [0.2, 0.25) is 0 Å². The Balaban J connectivity index is 0.000000123. The van der Waals surface area contributed by atoms with E-state index in [1.807, 2.05) is 18.2 Å². The molecule has 232 valence electrons. The fraction of sp³-hybridized carbons (Fsp3) is 0.579. The average Bonchev–Trinajstić information content (AvgIpc) is 3.55. The van der Waals surface area contributed by atoms with Crippen LogP contribution in [0, 0.1) is 23.7 Å². The van der Waals surface area contributed by atoms with Crippen molar-refractivity contribution in [2.24, 2.45) is 23.7 Å². The number of phenolic OH excluding ortho intramolecular Hbond substituents is 2. The first kappa shape index (κ1) is 27.4. The quantitative estimate of drug-likeness (QED) is 0.247. The minimum atomic E-state index is 0.287. The van der Waals surface area contributed by atoms with Crippen molar-refractivity contribution in [1.82, 2.24) is 9.80 Å². The highest BCUT2D eigenvalue weighted by atomic mass is 16.4. The van der Waals surface area contributed by atoms with Crippen LogP contribution in [0.1, 0.15) is 86.9 Å². The lowest BCUT2D eigenvalue weighted by Crippen LogP contribution is -2.56. The topological polar surface area (TPSA) is 73.2 Å². The van der Waals surface area contributed by atoms with Gasteiger partial charge in [0.2, 0.25) is 0 Å². The van der Waals surface area contributed by atoms with Crippen LogP contribution in [-0.4, -0.2) is 58.3 Å². The molecule has 6 aliphatic heterocycles. The Labute approximate surface area is 260 Å². The van der Waals surface area contributed by atoms with E-state index in [4.69, 9.17) is 8.83 Å². The van der Waals surface area contributed by atoms with E-state index in [9.17, 15) is 10.2 Å². The monoisotopic (exact) mass is 594 g/mol. The van der Waals surface area contributed by atoms with Crippen molar-refractivity contribution < 1.29 is 19.0 Å². The third-order valence-electron chi connectivity index (χ3n) is 12.7. The maximum absolute atomic E-state index is 10.1. The molecule has 4 aromatic rings. The normalized spacial score (nSPS) is 36.3. The summed E-state index contributed by atoms with van der Waals surface area (Å²) in [4.78, 5) is 5.47. The zero-order chi connectivity index (χ0) is 29.7. The number of rotatable bonds is 2. The lowest BCUT2D eigenvalue weighted by molar-refractivity contribution is -0.0169. The minimum Gasteiger partial charge on any atom is -0.508 e. The molecule has 2 aliphatic carbocycles. The fourth-order valence-electron chi connectivity index (χ4n) is 11.1. The molecule has 6 heteroatoms. The Morgan fingerprint density at radius 3 is 1.98 bits per heavy atom. The first-order valence-electron chi connectivity index (χ1n) is 17.5. The Hall–Kier alpha value is -2.96. The molecule has 4 saturated heterocycles. The summed E-state index contributed by atoms with van der Waals surface area (Å²) in [5.74, 6) is 7.44. The van der Waals surface area contributed by atoms with Gasteiger partial charge in [0, 0.05) is 72.0 Å². The maximum atomic E-state index is 10.1. The van der Waals surface area contributed by atoms with Gasteiger partial charge < -0.3 is 19.0 Å². The van der Waals surface area contributed by atoms with Crippen molar-refractivity contribution in [2.45, 2.75) is 89.1 Å². The smallest absolute Gasteiger partial charge is 0.176 e. The van der Waals surface area contributed by atoms with Gasteiger partial charge in [-0.1, -0.05) is 38.8 Å². The first-order valence-corrected chi connectivity index (χ1v) is 17.5. The second-order valence-corrected chi connectivity index (χ2v) is 14.9. The fourth-order valence-corrected chi connectivity index (χ4v) is 11.1. The standard InChI is InChI=1S/2C19H23NO2/c1-2-12-7-11-8-16-18(12)20(10-11)6-5-14-15-9-13(21)3-4-17(15)22-19(14)16;1-2-12-8-11-9-15-17(12)20(10-11)7-6-14-13-4-3-5-16(21)19(13)22-18(14)15/h3-4,9,11-12,16,18,21H,2,5-8,10H2,1H3;3-5,11-12,15,17,21H,2,6-10H2,1H3. The molecule has 10 unspecified atom stereocenters. The average molecular weight is 595 g/mol. The van der Waals surface area contributed by atoms with E-state index in [0.29, 0.717) is 35.3 Å². The van der Waals surface area contributed by atoms with Gasteiger partial charge in [-0.15, -0.1) is 0 Å². The van der Waals surface area contributed by atoms with E-state index in [-0.39, 0.29) is 5.75 Å². The van der Waals surface area contributed by atoms with Crippen molar-refractivity contribution in [2.75, 3.05) is 26.2 Å². The Morgan fingerprint density at radius 2 is 1.34 bits per heavy atom. The molecule has 8 heterocycles. The van der Waals surface area contributed by atoms with Gasteiger partial charge in [-0.25, -0.2) is 0 Å². The number of piperidine rings is 4. The molecule has 0 radical (unpaired) electrons. The molecule has 12 rings (SSSR count).